The Morgan fingerprint density at radius 2 is 1.93 bits per heavy atom. The van der Waals surface area contributed by atoms with E-state index in [2.05, 4.69) is 45.7 Å². The number of anilines is 1. The van der Waals surface area contributed by atoms with Gasteiger partial charge in [-0.2, -0.15) is 9.97 Å². The lowest BCUT2D eigenvalue weighted by Crippen LogP contribution is -2.56. The van der Waals surface area contributed by atoms with Crippen molar-refractivity contribution in [2.75, 3.05) is 52.3 Å². The van der Waals surface area contributed by atoms with E-state index in [4.69, 9.17) is 9.72 Å². The Morgan fingerprint density at radius 1 is 1.11 bits per heavy atom. The number of phenolic OH excluding ortho intramolecular Hbond substituents is 1. The molecular formula is C35H42F2N6O2. The van der Waals surface area contributed by atoms with Crippen LogP contribution in [0.1, 0.15) is 51.0 Å². The number of fused-ring (bicyclic) bond motifs is 3. The van der Waals surface area contributed by atoms with E-state index in [-0.39, 0.29) is 40.7 Å². The van der Waals surface area contributed by atoms with E-state index in [1.54, 1.807) is 18.3 Å². The fourth-order valence-electron chi connectivity index (χ4n) is 8.03. The Labute approximate surface area is 263 Å². The van der Waals surface area contributed by atoms with Crippen molar-refractivity contribution in [1.82, 2.24) is 24.8 Å². The fraction of sp³-hybridized carbons (Fsp3) is 0.514. The maximum atomic E-state index is 16.8. The molecule has 10 heteroatoms. The first-order valence-electron chi connectivity index (χ1n) is 16.1. The van der Waals surface area contributed by atoms with Gasteiger partial charge in [-0.05, 0) is 87.6 Å². The largest absolute Gasteiger partial charge is 0.508 e. The van der Waals surface area contributed by atoms with Gasteiger partial charge in [0.15, 0.2) is 5.82 Å². The van der Waals surface area contributed by atoms with Crippen LogP contribution in [0, 0.1) is 5.82 Å². The first-order chi connectivity index (χ1) is 21.6. The molecule has 0 amide bonds. The van der Waals surface area contributed by atoms with Gasteiger partial charge in [0.25, 0.3) is 0 Å². The van der Waals surface area contributed by atoms with Crippen LogP contribution in [0.25, 0.3) is 32.9 Å². The van der Waals surface area contributed by atoms with Gasteiger partial charge in [-0.3, -0.25) is 9.88 Å². The minimum Gasteiger partial charge on any atom is -0.508 e. The minimum absolute atomic E-state index is 0.000705. The highest BCUT2D eigenvalue weighted by atomic mass is 19.1. The van der Waals surface area contributed by atoms with Gasteiger partial charge >= 0.3 is 6.01 Å². The zero-order valence-electron chi connectivity index (χ0n) is 26.6. The summed E-state index contributed by atoms with van der Waals surface area (Å²) in [5, 5.41) is 12.8. The zero-order valence-corrected chi connectivity index (χ0v) is 26.6. The Balaban J connectivity index is 1.35. The van der Waals surface area contributed by atoms with Crippen molar-refractivity contribution in [1.29, 1.82) is 0 Å². The van der Waals surface area contributed by atoms with Gasteiger partial charge in [0.05, 0.1) is 10.9 Å². The summed E-state index contributed by atoms with van der Waals surface area (Å²) < 4.78 is 37.6. The SMILES string of the molecule is CCc1cccc2cc(O)cc(-c3ncc4c(N(C)CC5(N(C)C)CCC5)nc(OC[C@@]56CCCN5C[C@H](F)C6)nc4c3F)c12. The van der Waals surface area contributed by atoms with Crippen LogP contribution < -0.4 is 9.64 Å². The molecule has 2 atom stereocenters. The number of aromatic nitrogens is 3. The maximum absolute atomic E-state index is 16.8. The third-order valence-corrected chi connectivity index (χ3v) is 10.7. The number of aryl methyl sites for hydroxylation is 1. The molecule has 4 aromatic rings. The Bertz CT molecular complexity index is 1760. The number of rotatable bonds is 9. The molecule has 0 bridgehead atoms. The number of nitrogens with zero attached hydrogens (tertiary/aromatic N) is 6. The number of ether oxygens (including phenoxy) is 1. The molecule has 2 aromatic carbocycles. The highest BCUT2D eigenvalue weighted by molar-refractivity contribution is 6.01. The standard InChI is InChI=1S/C35H42F2N6O2/c1-5-22-9-6-10-23-15-25(44)16-26(28(22)23)30-29(37)31-27(18-38-30)32(42(4)20-34(41(2)3)11-7-12-34)40-33(39-31)45-21-35-13-8-14-43(35)19-24(36)17-35/h6,9-10,15-16,18,24,44H,5,7-8,11-14,17,19-21H2,1-4H3/t24-,35+/m1/s1. The molecule has 45 heavy (non-hydrogen) atoms. The lowest BCUT2D eigenvalue weighted by Gasteiger charge is -2.49. The van der Waals surface area contributed by atoms with Gasteiger partial charge in [0.2, 0.25) is 0 Å². The van der Waals surface area contributed by atoms with E-state index in [0.717, 1.165) is 61.4 Å². The molecule has 2 saturated heterocycles. The van der Waals surface area contributed by atoms with Crippen molar-refractivity contribution in [2.45, 2.75) is 69.1 Å². The van der Waals surface area contributed by atoms with Crippen molar-refractivity contribution >= 4 is 27.5 Å². The Morgan fingerprint density at radius 3 is 2.67 bits per heavy atom. The number of likely N-dealkylation sites (N-methyl/N-ethyl adjacent to an activating group) is 2. The van der Waals surface area contributed by atoms with Crippen LogP contribution >= 0.6 is 0 Å². The van der Waals surface area contributed by atoms with Gasteiger partial charge < -0.3 is 19.6 Å². The first kappa shape index (κ1) is 30.0. The zero-order chi connectivity index (χ0) is 31.5. The lowest BCUT2D eigenvalue weighted by atomic mass is 9.75. The molecule has 0 unspecified atom stereocenters. The third-order valence-electron chi connectivity index (χ3n) is 10.7. The second-order valence-electron chi connectivity index (χ2n) is 13.6. The molecule has 2 aliphatic heterocycles. The monoisotopic (exact) mass is 616 g/mol. The minimum atomic E-state index is -0.881. The third kappa shape index (κ3) is 5.06. The number of hydrogen-bond donors (Lipinski definition) is 1. The predicted octanol–water partition coefficient (Wildman–Crippen LogP) is 6.13. The summed E-state index contributed by atoms with van der Waals surface area (Å²) >= 11 is 0. The lowest BCUT2D eigenvalue weighted by molar-refractivity contribution is 0.0681. The predicted molar refractivity (Wildman–Crippen MR) is 173 cm³/mol. The van der Waals surface area contributed by atoms with E-state index >= 15 is 4.39 Å². The number of halogens is 2. The van der Waals surface area contributed by atoms with Crippen LogP contribution in [0.4, 0.5) is 14.6 Å². The van der Waals surface area contributed by atoms with E-state index in [0.29, 0.717) is 36.3 Å². The van der Waals surface area contributed by atoms with Gasteiger partial charge in [0, 0.05) is 43.9 Å². The molecule has 1 aliphatic carbocycles. The quantitative estimate of drug-likeness (QED) is 0.241. The molecular weight excluding hydrogens is 574 g/mol. The van der Waals surface area contributed by atoms with Gasteiger partial charge in [-0.25, -0.2) is 8.78 Å². The Kier molecular flexibility index (Phi) is 7.55. The number of hydrogen-bond acceptors (Lipinski definition) is 8. The summed E-state index contributed by atoms with van der Waals surface area (Å²) in [4.78, 5) is 20.6. The average Bonchev–Trinajstić information content (AvgIpc) is 3.52. The highest BCUT2D eigenvalue weighted by Gasteiger charge is 2.49. The Hall–Kier alpha value is -3.63. The summed E-state index contributed by atoms with van der Waals surface area (Å²) in [5.74, 6) is -0.00746. The van der Waals surface area contributed by atoms with Crippen LogP contribution in [-0.2, 0) is 6.42 Å². The molecule has 3 fully saturated rings. The van der Waals surface area contributed by atoms with E-state index < -0.39 is 12.0 Å². The summed E-state index contributed by atoms with van der Waals surface area (Å²) in [6, 6.07) is 9.21. The van der Waals surface area contributed by atoms with Crippen molar-refractivity contribution in [3.05, 3.63) is 47.9 Å². The second kappa shape index (κ2) is 11.3. The van der Waals surface area contributed by atoms with Crippen molar-refractivity contribution in [3.63, 3.8) is 0 Å². The normalized spacial score (nSPS) is 22.7. The molecule has 0 spiro atoms. The molecule has 4 heterocycles. The van der Waals surface area contributed by atoms with Crippen molar-refractivity contribution in [2.24, 2.45) is 0 Å². The number of alkyl halides is 1. The van der Waals surface area contributed by atoms with Gasteiger partial charge in [-0.1, -0.05) is 25.1 Å². The van der Waals surface area contributed by atoms with Crippen LogP contribution in [-0.4, -0.2) is 94.5 Å². The molecule has 7 rings (SSSR count). The van der Waals surface area contributed by atoms with Gasteiger partial charge in [-0.15, -0.1) is 0 Å². The summed E-state index contributed by atoms with van der Waals surface area (Å²) in [6.45, 7) is 4.28. The number of pyridine rings is 1. The van der Waals surface area contributed by atoms with Crippen LogP contribution in [0.2, 0.25) is 0 Å². The van der Waals surface area contributed by atoms with E-state index in [1.807, 2.05) is 25.2 Å². The van der Waals surface area contributed by atoms with E-state index in [9.17, 15) is 9.50 Å². The molecule has 1 N–H and O–H groups in total. The summed E-state index contributed by atoms with van der Waals surface area (Å²) in [6.07, 6.45) is 7.07. The van der Waals surface area contributed by atoms with E-state index in [1.165, 1.54) is 0 Å². The number of aromatic hydroxyl groups is 1. The highest BCUT2D eigenvalue weighted by Crippen LogP contribution is 2.42. The number of benzene rings is 2. The summed E-state index contributed by atoms with van der Waals surface area (Å²) in [7, 11) is 6.17. The van der Waals surface area contributed by atoms with Crippen LogP contribution in [0.15, 0.2) is 36.5 Å². The van der Waals surface area contributed by atoms with Crippen molar-refractivity contribution in [3.8, 4) is 23.0 Å². The summed E-state index contributed by atoms with van der Waals surface area (Å²) in [5.41, 5.74) is 1.39. The fourth-order valence-corrected chi connectivity index (χ4v) is 8.03. The smallest absolute Gasteiger partial charge is 0.319 e. The molecule has 0 radical (unpaired) electrons. The molecule has 1 saturated carbocycles. The topological polar surface area (TPSA) is 77.9 Å². The van der Waals surface area contributed by atoms with Crippen molar-refractivity contribution < 1.29 is 18.6 Å². The van der Waals surface area contributed by atoms with Crippen LogP contribution in [0.3, 0.4) is 0 Å². The molecule has 8 nitrogen and oxygen atoms in total. The van der Waals surface area contributed by atoms with Crippen LogP contribution in [0.5, 0.6) is 11.8 Å². The first-order valence-corrected chi connectivity index (χ1v) is 16.1. The van der Waals surface area contributed by atoms with Gasteiger partial charge in [0.1, 0.15) is 35.6 Å². The number of phenols is 1. The molecule has 3 aliphatic rings. The molecule has 238 valence electrons. The molecule has 2 aromatic heterocycles. The maximum Gasteiger partial charge on any atom is 0.319 e. The second-order valence-corrected chi connectivity index (χ2v) is 13.6. The average molecular weight is 617 g/mol.